The summed E-state index contributed by atoms with van der Waals surface area (Å²) in [6.07, 6.45) is 2.41. The molecule has 4 aliphatic heterocycles. The first-order chi connectivity index (χ1) is 48.2. The summed E-state index contributed by atoms with van der Waals surface area (Å²) in [6, 6.07) is 29.1. The fourth-order valence-corrected chi connectivity index (χ4v) is 13.4. The number of halogens is 4. The summed E-state index contributed by atoms with van der Waals surface area (Å²) in [4.78, 5) is 23.4. The van der Waals surface area contributed by atoms with Crippen LogP contribution in [0, 0.1) is 53.2 Å². The van der Waals surface area contributed by atoms with Crippen molar-refractivity contribution in [1.29, 1.82) is 0 Å². The van der Waals surface area contributed by atoms with E-state index in [1.807, 2.05) is 136 Å². The quantitative estimate of drug-likeness (QED) is 0.0468. The van der Waals surface area contributed by atoms with Crippen molar-refractivity contribution >= 4 is 56.4 Å². The molecule has 103 heavy (non-hydrogen) atoms. The number of epoxide rings is 1. The van der Waals surface area contributed by atoms with Crippen LogP contribution < -0.4 is 33.9 Å². The molecule has 16 nitrogen and oxygen atoms in total. The number of ether oxygens (including phenoxy) is 9. The van der Waals surface area contributed by atoms with E-state index in [0.717, 1.165) is 93.5 Å². The molecule has 0 unspecified atom stereocenters. The van der Waals surface area contributed by atoms with Crippen LogP contribution in [0.15, 0.2) is 106 Å². The van der Waals surface area contributed by atoms with Gasteiger partial charge in [-0.25, -0.2) is 8.78 Å². The number of fused-ring (bicyclic) bond motifs is 4. The second kappa shape index (κ2) is 32.6. The summed E-state index contributed by atoms with van der Waals surface area (Å²) in [5, 5.41) is 28.6. The van der Waals surface area contributed by atoms with E-state index in [4.69, 9.17) is 57.0 Å². The maximum Gasteiger partial charge on any atom is 0.495 e. The van der Waals surface area contributed by atoms with E-state index in [0.29, 0.717) is 91.1 Å². The summed E-state index contributed by atoms with van der Waals surface area (Å²) < 4.78 is 94.9. The minimum absolute atomic E-state index is 0.0383. The molecule has 0 aromatic heterocycles. The standard InChI is InChI=1S/C32H35FO6.C26H30BFO6.C12H17BrO2.C8H9BrO.C4H8O/c1-18-12-22(38-17-32(3,4)35)13-19(2)30(18)24-8-10-26(33)31-25(24)9-11-27(31)39-21-6-7-23-20(14-29(34)36-5)16-37-28(23)15-21;1-25(2)26(3,4)34-27(33-25)19-9-10-20(28)24-18(19)8-11-21(24)32-16-6-7-17-15(12-23(29)30-5)14-31-22(17)13-16;1-8-5-10(6-9(2)11(8)13)15-7-12(3,4)14;1-5-3-7(10)4-6(2)8(5)9;1-4(2)3-5-4/h6-8,10,12-13,15,20,27,35H,9,11,14,16-17H2,1-5H3;6-7,9-10,13,15,21H,8,11-12,14H2,1-5H3;5-6,14H,7H2,1-4H3;3-4,10H,1-2H3;3H2,1-2H3/t20-,27-;15-,21-;;;/m11.../s1. The molecule has 2 saturated heterocycles. The Morgan fingerprint density at radius 1 is 0.563 bits per heavy atom. The van der Waals surface area contributed by atoms with Crippen molar-refractivity contribution in [2.24, 2.45) is 0 Å². The molecule has 6 aliphatic rings. The van der Waals surface area contributed by atoms with Gasteiger partial charge < -0.3 is 67.3 Å². The number of hydrogen-bond donors (Lipinski definition) is 3. The smallest absolute Gasteiger partial charge is 0.495 e. The van der Waals surface area contributed by atoms with E-state index >= 15 is 8.78 Å². The molecule has 13 rings (SSSR count). The monoisotopic (exact) mass is 1550 g/mol. The summed E-state index contributed by atoms with van der Waals surface area (Å²) in [5.74, 6) is 3.24. The Bertz CT molecular complexity index is 4140. The van der Waals surface area contributed by atoms with Gasteiger partial charge in [-0.1, -0.05) is 56.1 Å². The lowest BCUT2D eigenvalue weighted by molar-refractivity contribution is -0.142. The van der Waals surface area contributed by atoms with Crippen LogP contribution >= 0.6 is 31.9 Å². The van der Waals surface area contributed by atoms with Crippen molar-refractivity contribution in [3.05, 3.63) is 184 Å². The Hall–Kier alpha value is -7.24. The highest BCUT2D eigenvalue weighted by atomic mass is 79.9. The molecule has 0 bridgehead atoms. The number of esters is 2. The first-order valence-electron chi connectivity index (χ1n) is 34.9. The number of phenols is 1. The molecule has 0 spiro atoms. The van der Waals surface area contributed by atoms with Crippen molar-refractivity contribution in [2.75, 3.05) is 47.3 Å². The van der Waals surface area contributed by atoms with E-state index in [1.54, 1.807) is 45.9 Å². The Labute approximate surface area is 622 Å². The van der Waals surface area contributed by atoms with Crippen LogP contribution in [-0.2, 0) is 46.0 Å². The predicted molar refractivity (Wildman–Crippen MR) is 402 cm³/mol. The molecule has 3 N–H and O–H groups in total. The first kappa shape index (κ1) is 79.9. The third-order valence-electron chi connectivity index (χ3n) is 19.2. The summed E-state index contributed by atoms with van der Waals surface area (Å²) >= 11 is 6.90. The molecular formula is C82H99BBr2F2O16. The number of carbonyl (C=O) groups is 2. The molecule has 7 aromatic rings. The van der Waals surface area contributed by atoms with Gasteiger partial charge in [-0.15, -0.1) is 0 Å². The van der Waals surface area contributed by atoms with E-state index in [2.05, 4.69) is 45.7 Å². The topological polar surface area (TPSA) is 200 Å². The van der Waals surface area contributed by atoms with Gasteiger partial charge in [0.15, 0.2) is 0 Å². The second-order valence-electron chi connectivity index (χ2n) is 30.3. The van der Waals surface area contributed by atoms with Crippen LogP contribution in [0.2, 0.25) is 0 Å². The Morgan fingerprint density at radius 2 is 0.951 bits per heavy atom. The Balaban J connectivity index is 0.000000172. The van der Waals surface area contributed by atoms with Crippen molar-refractivity contribution in [3.8, 4) is 51.4 Å². The van der Waals surface area contributed by atoms with Crippen LogP contribution in [0.3, 0.4) is 0 Å². The minimum atomic E-state index is -0.928. The molecule has 0 saturated carbocycles. The maximum atomic E-state index is 15.3. The van der Waals surface area contributed by atoms with Crippen molar-refractivity contribution in [3.63, 3.8) is 0 Å². The largest absolute Gasteiger partial charge is 0.508 e. The van der Waals surface area contributed by atoms with Gasteiger partial charge in [0.2, 0.25) is 0 Å². The van der Waals surface area contributed by atoms with E-state index in [1.165, 1.54) is 26.4 Å². The summed E-state index contributed by atoms with van der Waals surface area (Å²) in [5.41, 5.74) is 11.9. The molecule has 0 radical (unpaired) electrons. The van der Waals surface area contributed by atoms with Crippen LogP contribution in [0.1, 0.15) is 186 Å². The number of benzene rings is 7. The van der Waals surface area contributed by atoms with Crippen molar-refractivity contribution < 1.29 is 85.6 Å². The third-order valence-corrected chi connectivity index (χ3v) is 21.7. The number of rotatable bonds is 16. The van der Waals surface area contributed by atoms with Gasteiger partial charge in [0.1, 0.15) is 77.3 Å². The Morgan fingerprint density at radius 3 is 1.36 bits per heavy atom. The number of methoxy groups -OCH3 is 2. The fourth-order valence-electron chi connectivity index (χ4n) is 12.9. The number of aliphatic hydroxyl groups is 2. The van der Waals surface area contributed by atoms with Crippen LogP contribution in [0.25, 0.3) is 11.1 Å². The highest BCUT2D eigenvalue weighted by Crippen LogP contribution is 2.47. The predicted octanol–water partition coefficient (Wildman–Crippen LogP) is 17.4. The molecule has 4 heterocycles. The second-order valence-corrected chi connectivity index (χ2v) is 31.9. The zero-order valence-electron chi connectivity index (χ0n) is 62.6. The lowest BCUT2D eigenvalue weighted by atomic mass is 9.75. The van der Waals surface area contributed by atoms with Gasteiger partial charge in [-0.3, -0.25) is 9.59 Å². The van der Waals surface area contributed by atoms with Crippen LogP contribution in [0.5, 0.6) is 40.2 Å². The van der Waals surface area contributed by atoms with Gasteiger partial charge in [0.25, 0.3) is 0 Å². The van der Waals surface area contributed by atoms with E-state index in [-0.39, 0.29) is 60.5 Å². The van der Waals surface area contributed by atoms with Crippen molar-refractivity contribution in [1.82, 2.24) is 0 Å². The third kappa shape index (κ3) is 20.2. The molecule has 2 aliphatic carbocycles. The lowest BCUT2D eigenvalue weighted by Crippen LogP contribution is -2.41. The number of aryl methyl sites for hydroxylation is 6. The first-order valence-corrected chi connectivity index (χ1v) is 36.5. The zero-order chi connectivity index (χ0) is 75.4. The van der Waals surface area contributed by atoms with Crippen molar-refractivity contribution in [2.45, 2.75) is 201 Å². The molecule has 2 fully saturated rings. The van der Waals surface area contributed by atoms with Gasteiger partial charge in [-0.2, -0.15) is 0 Å². The van der Waals surface area contributed by atoms with Gasteiger partial charge in [0.05, 0.1) is 74.9 Å². The average Bonchev–Trinajstić information content (AvgIpc) is 1.63. The van der Waals surface area contributed by atoms with Gasteiger partial charge in [-0.05, 0) is 258 Å². The molecule has 0 amide bonds. The van der Waals surface area contributed by atoms with Gasteiger partial charge in [0, 0.05) is 55.2 Å². The highest BCUT2D eigenvalue weighted by Gasteiger charge is 2.53. The maximum absolute atomic E-state index is 15.3. The number of hydrogen-bond acceptors (Lipinski definition) is 16. The van der Waals surface area contributed by atoms with E-state index in [9.17, 15) is 19.8 Å². The van der Waals surface area contributed by atoms with Gasteiger partial charge >= 0.3 is 19.1 Å². The SMILES string of the molecule is CC1(C)CO1.COC(=O)C[C@@H]1COc2cc(O[C@@H]3CCc4c(-c5c(C)cc(OCC(C)(C)O)cc5C)ccc(F)c43)ccc21.COC(=O)C[C@@H]1COc2cc(O[C@@H]3CCc4c(B5OC(C)(C)C(C)(C)O5)ccc(F)c43)ccc21.Cc1cc(O)cc(C)c1Br.Cc1cc(OCC(C)(C)O)cc(C)c1Br. The molecule has 554 valence electrons. The lowest BCUT2D eigenvalue weighted by Gasteiger charge is -2.32. The average molecular weight is 1550 g/mol. The molecule has 21 heteroatoms. The Kier molecular flexibility index (Phi) is 25.3. The molecule has 4 atom stereocenters. The highest BCUT2D eigenvalue weighted by molar-refractivity contribution is 9.11. The normalized spacial score (nSPS) is 18.7. The van der Waals surface area contributed by atoms with E-state index < -0.39 is 41.7 Å². The summed E-state index contributed by atoms with van der Waals surface area (Å²) in [7, 11) is 2.22. The molecule has 7 aromatic carbocycles. The number of phenolic OH excluding ortho intramolecular Hbond substituents is 1. The number of carbonyl (C=O) groups excluding carboxylic acids is 2. The van der Waals surface area contributed by atoms with Crippen LogP contribution in [-0.4, -0.2) is 110 Å². The zero-order valence-corrected chi connectivity index (χ0v) is 65.7. The van der Waals surface area contributed by atoms with Crippen LogP contribution in [0.4, 0.5) is 8.78 Å². The minimum Gasteiger partial charge on any atom is -0.508 e. The molecular weight excluding hydrogens is 1450 g/mol. The summed E-state index contributed by atoms with van der Waals surface area (Å²) in [6.45, 7) is 33.3. The fraction of sp³-hybridized carbons (Fsp3) is 0.463. The number of aromatic hydroxyl groups is 1.